The molecule has 0 radical (unpaired) electrons. The Morgan fingerprint density at radius 3 is 2.81 bits per heavy atom. The Morgan fingerprint density at radius 2 is 2.04 bits per heavy atom. The van der Waals surface area contributed by atoms with Crippen LogP contribution in [0.2, 0.25) is 0 Å². The van der Waals surface area contributed by atoms with Gasteiger partial charge in [0.2, 0.25) is 5.91 Å². The first-order chi connectivity index (χ1) is 12.4. The van der Waals surface area contributed by atoms with Crippen LogP contribution in [0.15, 0.2) is 34.9 Å². The summed E-state index contributed by atoms with van der Waals surface area (Å²) in [5.41, 5.74) is 5.38. The van der Waals surface area contributed by atoms with Crippen LogP contribution in [0.4, 0.5) is 11.5 Å². The van der Waals surface area contributed by atoms with Gasteiger partial charge in [-0.3, -0.25) is 4.79 Å². The third-order valence-electron chi connectivity index (χ3n) is 5.56. The molecule has 0 spiro atoms. The van der Waals surface area contributed by atoms with Crippen LogP contribution in [0.3, 0.4) is 0 Å². The summed E-state index contributed by atoms with van der Waals surface area (Å²) in [6, 6.07) is 10.8. The van der Waals surface area contributed by atoms with E-state index in [0.717, 1.165) is 44.7 Å². The van der Waals surface area contributed by atoms with Crippen molar-refractivity contribution in [1.29, 1.82) is 0 Å². The maximum atomic E-state index is 12.2. The Bertz CT molecular complexity index is 1060. The van der Waals surface area contributed by atoms with Gasteiger partial charge < -0.3 is 15.2 Å². The molecule has 5 heteroatoms. The van der Waals surface area contributed by atoms with Gasteiger partial charge in [0.1, 0.15) is 0 Å². The molecular weight excluding hydrogens is 326 g/mol. The number of hydrogen-bond donors (Lipinski definition) is 2. The van der Waals surface area contributed by atoms with Crippen molar-refractivity contribution in [3.8, 4) is 11.1 Å². The normalized spacial score (nSPS) is 18.0. The minimum Gasteiger partial charge on any atom is -0.364 e. The lowest BCUT2D eigenvalue weighted by atomic mass is 9.85. The third kappa shape index (κ3) is 2.16. The van der Waals surface area contributed by atoms with Crippen LogP contribution in [0.5, 0.6) is 0 Å². The first-order valence-corrected chi connectivity index (χ1v) is 9.07. The van der Waals surface area contributed by atoms with Gasteiger partial charge in [0.15, 0.2) is 11.4 Å². The summed E-state index contributed by atoms with van der Waals surface area (Å²) in [6.45, 7) is 5.97. The van der Waals surface area contributed by atoms with Crippen LogP contribution in [-0.2, 0) is 10.2 Å². The lowest BCUT2D eigenvalue weighted by Gasteiger charge is -2.15. The summed E-state index contributed by atoms with van der Waals surface area (Å²) in [7, 11) is 0. The molecule has 0 bridgehead atoms. The predicted octanol–water partition coefficient (Wildman–Crippen LogP) is 4.61. The number of rotatable bonds is 3. The molecule has 5 rings (SSSR count). The number of aromatic nitrogens is 1. The fourth-order valence-corrected chi connectivity index (χ4v) is 3.74. The number of amides is 1. The molecule has 2 heterocycles. The van der Waals surface area contributed by atoms with Crippen molar-refractivity contribution in [2.75, 3.05) is 10.6 Å². The molecule has 1 aromatic heterocycles. The molecule has 1 fully saturated rings. The zero-order chi connectivity index (χ0) is 18.1. The number of nitrogens with zero attached hydrogens (tertiary/aromatic N) is 1. The molecule has 2 N–H and O–H groups in total. The lowest BCUT2D eigenvalue weighted by molar-refractivity contribution is -0.119. The van der Waals surface area contributed by atoms with Crippen LogP contribution in [0.25, 0.3) is 22.1 Å². The smallest absolute Gasteiger partial charge is 0.234 e. The molecule has 26 heavy (non-hydrogen) atoms. The number of anilines is 2. The highest BCUT2D eigenvalue weighted by Crippen LogP contribution is 2.42. The van der Waals surface area contributed by atoms with Crippen LogP contribution in [0.1, 0.15) is 37.8 Å². The Labute approximate surface area is 151 Å². The van der Waals surface area contributed by atoms with Gasteiger partial charge in [0.05, 0.1) is 10.8 Å². The van der Waals surface area contributed by atoms with Crippen molar-refractivity contribution in [1.82, 2.24) is 5.16 Å². The maximum absolute atomic E-state index is 12.2. The van der Waals surface area contributed by atoms with E-state index in [4.69, 9.17) is 4.52 Å². The highest BCUT2D eigenvalue weighted by molar-refractivity contribution is 6.07. The molecular formula is C21H21N3O2. The summed E-state index contributed by atoms with van der Waals surface area (Å²) in [6.07, 6.45) is 2.38. The maximum Gasteiger partial charge on any atom is 0.234 e. The minimum absolute atomic E-state index is 0.0372. The second-order valence-corrected chi connectivity index (χ2v) is 7.92. The molecule has 0 saturated heterocycles. The molecule has 3 aromatic rings. The van der Waals surface area contributed by atoms with Gasteiger partial charge in [0.25, 0.3) is 0 Å². The fraction of sp³-hybridized carbons (Fsp3) is 0.333. The second-order valence-electron chi connectivity index (χ2n) is 7.92. The average molecular weight is 347 g/mol. The summed E-state index contributed by atoms with van der Waals surface area (Å²) in [4.78, 5) is 12.2. The highest BCUT2D eigenvalue weighted by atomic mass is 16.5. The number of carbonyl (C=O) groups is 1. The number of nitrogens with one attached hydrogen (secondary N) is 2. The van der Waals surface area contributed by atoms with Crippen molar-refractivity contribution in [3.63, 3.8) is 0 Å². The molecule has 0 atom stereocenters. The molecule has 132 valence electrons. The average Bonchev–Trinajstić information content (AvgIpc) is 3.28. The van der Waals surface area contributed by atoms with Gasteiger partial charge in [0, 0.05) is 17.3 Å². The van der Waals surface area contributed by atoms with E-state index in [1.54, 1.807) is 0 Å². The Hall–Kier alpha value is -2.82. The van der Waals surface area contributed by atoms with Gasteiger partial charge in [-0.2, -0.15) is 0 Å². The first kappa shape index (κ1) is 15.4. The molecule has 1 aliphatic carbocycles. The van der Waals surface area contributed by atoms with Crippen LogP contribution in [-0.4, -0.2) is 17.1 Å². The standard InChI is InChI=1S/C21H21N3O2/c1-11-4-8-14-18(26-24-19(14)22-13-6-7-13)17(11)12-5-9-15-16(10-12)23-20(25)21(15,2)3/h4-5,8-10,13H,6-7H2,1-3H3,(H,22,24)(H,23,25). The molecule has 0 unspecified atom stereocenters. The Morgan fingerprint density at radius 1 is 1.23 bits per heavy atom. The highest BCUT2D eigenvalue weighted by Gasteiger charge is 2.38. The van der Waals surface area contributed by atoms with Gasteiger partial charge in [-0.15, -0.1) is 0 Å². The molecule has 2 aromatic carbocycles. The topological polar surface area (TPSA) is 67.2 Å². The first-order valence-electron chi connectivity index (χ1n) is 9.07. The fourth-order valence-electron chi connectivity index (χ4n) is 3.74. The van der Waals surface area contributed by atoms with Crippen molar-refractivity contribution in [3.05, 3.63) is 41.5 Å². The zero-order valence-electron chi connectivity index (χ0n) is 15.1. The summed E-state index contributed by atoms with van der Waals surface area (Å²) in [5, 5.41) is 11.7. The minimum atomic E-state index is -0.498. The van der Waals surface area contributed by atoms with E-state index >= 15 is 0 Å². The van der Waals surface area contributed by atoms with E-state index in [1.807, 2.05) is 26.0 Å². The van der Waals surface area contributed by atoms with E-state index in [2.05, 4.69) is 40.9 Å². The number of hydrogen-bond acceptors (Lipinski definition) is 4. The molecule has 2 aliphatic rings. The quantitative estimate of drug-likeness (QED) is 0.726. The summed E-state index contributed by atoms with van der Waals surface area (Å²) >= 11 is 0. The van der Waals surface area contributed by atoms with E-state index in [1.165, 1.54) is 12.8 Å². The van der Waals surface area contributed by atoms with E-state index in [-0.39, 0.29) is 5.91 Å². The summed E-state index contributed by atoms with van der Waals surface area (Å²) in [5.74, 6) is 0.856. The number of carbonyl (C=O) groups excluding carboxylic acids is 1. The zero-order valence-corrected chi connectivity index (χ0v) is 15.1. The summed E-state index contributed by atoms with van der Waals surface area (Å²) < 4.78 is 5.73. The van der Waals surface area contributed by atoms with Crippen molar-refractivity contribution in [2.45, 2.75) is 45.1 Å². The van der Waals surface area contributed by atoms with Crippen LogP contribution < -0.4 is 10.6 Å². The number of benzene rings is 2. The monoisotopic (exact) mass is 347 g/mol. The van der Waals surface area contributed by atoms with Gasteiger partial charge in [-0.1, -0.05) is 23.4 Å². The van der Waals surface area contributed by atoms with Crippen molar-refractivity contribution >= 4 is 28.4 Å². The second kappa shape index (κ2) is 5.10. The van der Waals surface area contributed by atoms with E-state index in [9.17, 15) is 4.79 Å². The van der Waals surface area contributed by atoms with Crippen LogP contribution in [0, 0.1) is 6.92 Å². The van der Waals surface area contributed by atoms with E-state index < -0.39 is 5.41 Å². The third-order valence-corrected chi connectivity index (χ3v) is 5.56. The van der Waals surface area contributed by atoms with Gasteiger partial charge >= 0.3 is 0 Å². The van der Waals surface area contributed by atoms with Crippen LogP contribution >= 0.6 is 0 Å². The predicted molar refractivity (Wildman–Crippen MR) is 102 cm³/mol. The lowest BCUT2D eigenvalue weighted by Crippen LogP contribution is -2.26. The van der Waals surface area contributed by atoms with Crippen molar-refractivity contribution < 1.29 is 9.32 Å². The van der Waals surface area contributed by atoms with Crippen molar-refractivity contribution in [2.24, 2.45) is 0 Å². The molecule has 1 aliphatic heterocycles. The number of aryl methyl sites for hydroxylation is 1. The largest absolute Gasteiger partial charge is 0.364 e. The Kier molecular flexibility index (Phi) is 3.03. The molecule has 1 saturated carbocycles. The van der Waals surface area contributed by atoms with Gasteiger partial charge in [-0.25, -0.2) is 0 Å². The Balaban J connectivity index is 1.65. The molecule has 1 amide bonds. The molecule has 5 nitrogen and oxygen atoms in total. The van der Waals surface area contributed by atoms with E-state index in [0.29, 0.717) is 6.04 Å². The SMILES string of the molecule is Cc1ccc2c(NC3CC3)noc2c1-c1ccc2c(c1)NC(=O)C2(C)C. The number of fused-ring (bicyclic) bond motifs is 2. The van der Waals surface area contributed by atoms with Gasteiger partial charge in [-0.05, 0) is 62.4 Å².